The Labute approximate surface area is 128 Å². The molecule has 0 bridgehead atoms. The topological polar surface area (TPSA) is 26.3 Å². The van der Waals surface area contributed by atoms with E-state index in [1.165, 1.54) is 7.11 Å². The fourth-order valence-corrected chi connectivity index (χ4v) is 2.39. The third kappa shape index (κ3) is 3.33. The summed E-state index contributed by atoms with van der Waals surface area (Å²) in [5.41, 5.74) is 2.52. The number of hydrogen-bond acceptors (Lipinski definition) is 2. The average molecular weight is 309 g/mol. The summed E-state index contributed by atoms with van der Waals surface area (Å²) in [4.78, 5) is 12.3. The predicted molar refractivity (Wildman–Crippen MR) is 82.2 cm³/mol. The van der Waals surface area contributed by atoms with Crippen LogP contribution in [0.3, 0.4) is 0 Å². The van der Waals surface area contributed by atoms with Gasteiger partial charge in [-0.25, -0.2) is 0 Å². The van der Waals surface area contributed by atoms with E-state index in [0.29, 0.717) is 27.8 Å². The van der Waals surface area contributed by atoms with Crippen molar-refractivity contribution in [1.82, 2.24) is 0 Å². The van der Waals surface area contributed by atoms with Crippen LogP contribution in [-0.2, 0) is 6.42 Å². The lowest BCUT2D eigenvalue weighted by molar-refractivity contribution is 0.0993. The standard InChI is InChI=1S/C16H14Cl2O2/c1-10-3-5-11(6-4-10)7-15(19)12-8-14(18)16(20-2)9-13(12)17/h3-6,8-9H,7H2,1-2H3. The van der Waals surface area contributed by atoms with Crippen molar-refractivity contribution in [2.24, 2.45) is 0 Å². The summed E-state index contributed by atoms with van der Waals surface area (Å²) in [7, 11) is 1.51. The molecule has 0 amide bonds. The van der Waals surface area contributed by atoms with Gasteiger partial charge in [0.25, 0.3) is 0 Å². The van der Waals surface area contributed by atoms with Gasteiger partial charge in [0.15, 0.2) is 5.78 Å². The van der Waals surface area contributed by atoms with E-state index >= 15 is 0 Å². The van der Waals surface area contributed by atoms with E-state index in [9.17, 15) is 4.79 Å². The van der Waals surface area contributed by atoms with Crippen molar-refractivity contribution in [3.05, 3.63) is 63.1 Å². The second kappa shape index (κ2) is 6.29. The molecule has 4 heteroatoms. The highest BCUT2D eigenvalue weighted by Crippen LogP contribution is 2.31. The van der Waals surface area contributed by atoms with Crippen molar-refractivity contribution < 1.29 is 9.53 Å². The summed E-state index contributed by atoms with van der Waals surface area (Å²) >= 11 is 12.1. The quantitative estimate of drug-likeness (QED) is 0.763. The fourth-order valence-electron chi connectivity index (χ4n) is 1.89. The molecule has 0 spiro atoms. The van der Waals surface area contributed by atoms with Crippen LogP contribution in [0.25, 0.3) is 0 Å². The molecular weight excluding hydrogens is 295 g/mol. The number of carbonyl (C=O) groups excluding carboxylic acids is 1. The molecule has 0 aliphatic rings. The maximum atomic E-state index is 12.3. The van der Waals surface area contributed by atoms with Crippen LogP contribution in [0.2, 0.25) is 10.0 Å². The first-order valence-corrected chi connectivity index (χ1v) is 6.88. The first-order valence-electron chi connectivity index (χ1n) is 6.13. The monoisotopic (exact) mass is 308 g/mol. The Morgan fingerprint density at radius 2 is 1.75 bits per heavy atom. The van der Waals surface area contributed by atoms with Gasteiger partial charge in [0, 0.05) is 18.1 Å². The molecule has 0 aliphatic carbocycles. The molecule has 0 unspecified atom stereocenters. The van der Waals surface area contributed by atoms with Gasteiger partial charge in [0.05, 0.1) is 17.2 Å². The lowest BCUT2D eigenvalue weighted by Crippen LogP contribution is -2.05. The van der Waals surface area contributed by atoms with Crippen LogP contribution in [0.5, 0.6) is 5.75 Å². The maximum absolute atomic E-state index is 12.3. The molecule has 104 valence electrons. The smallest absolute Gasteiger partial charge is 0.168 e. The number of carbonyl (C=O) groups is 1. The Hall–Kier alpha value is -1.51. The molecular formula is C16H14Cl2O2. The Morgan fingerprint density at radius 1 is 1.10 bits per heavy atom. The summed E-state index contributed by atoms with van der Waals surface area (Å²) in [5, 5.41) is 0.729. The van der Waals surface area contributed by atoms with Crippen molar-refractivity contribution in [2.45, 2.75) is 13.3 Å². The van der Waals surface area contributed by atoms with Gasteiger partial charge in [-0.15, -0.1) is 0 Å². The van der Waals surface area contributed by atoms with Crippen molar-refractivity contribution in [3.8, 4) is 5.75 Å². The number of halogens is 2. The Kier molecular flexibility index (Phi) is 4.69. The largest absolute Gasteiger partial charge is 0.495 e. The minimum Gasteiger partial charge on any atom is -0.495 e. The number of benzene rings is 2. The van der Waals surface area contributed by atoms with Crippen LogP contribution in [0.15, 0.2) is 36.4 Å². The van der Waals surface area contributed by atoms with Gasteiger partial charge in [-0.1, -0.05) is 53.0 Å². The van der Waals surface area contributed by atoms with E-state index in [4.69, 9.17) is 27.9 Å². The molecule has 20 heavy (non-hydrogen) atoms. The number of ketones is 1. The molecule has 0 aliphatic heterocycles. The Balaban J connectivity index is 2.25. The third-order valence-electron chi connectivity index (χ3n) is 3.03. The first-order chi connectivity index (χ1) is 9.51. The van der Waals surface area contributed by atoms with Crippen LogP contribution in [-0.4, -0.2) is 12.9 Å². The highest BCUT2D eigenvalue weighted by molar-refractivity contribution is 6.36. The molecule has 0 saturated heterocycles. The van der Waals surface area contributed by atoms with Gasteiger partial charge in [-0.05, 0) is 18.6 Å². The molecule has 0 aromatic heterocycles. The van der Waals surface area contributed by atoms with E-state index in [-0.39, 0.29) is 5.78 Å². The second-order valence-corrected chi connectivity index (χ2v) is 5.37. The molecule has 0 atom stereocenters. The fraction of sp³-hybridized carbons (Fsp3) is 0.188. The molecule has 2 rings (SSSR count). The second-order valence-electron chi connectivity index (χ2n) is 4.55. The van der Waals surface area contributed by atoms with Crippen LogP contribution in [0, 0.1) is 6.92 Å². The van der Waals surface area contributed by atoms with Crippen molar-refractivity contribution >= 4 is 29.0 Å². The van der Waals surface area contributed by atoms with Gasteiger partial charge in [-0.2, -0.15) is 0 Å². The molecule has 0 N–H and O–H groups in total. The number of rotatable bonds is 4. The summed E-state index contributed by atoms with van der Waals surface area (Å²) in [6, 6.07) is 10.9. The zero-order valence-electron chi connectivity index (χ0n) is 11.2. The molecule has 0 radical (unpaired) electrons. The minimum atomic E-state index is -0.0663. The zero-order chi connectivity index (χ0) is 14.7. The third-order valence-corrected chi connectivity index (χ3v) is 3.64. The number of methoxy groups -OCH3 is 1. The zero-order valence-corrected chi connectivity index (χ0v) is 12.8. The highest BCUT2D eigenvalue weighted by Gasteiger charge is 2.14. The first kappa shape index (κ1) is 14.9. The molecule has 2 aromatic rings. The van der Waals surface area contributed by atoms with Gasteiger partial charge in [-0.3, -0.25) is 4.79 Å². The maximum Gasteiger partial charge on any atom is 0.168 e. The van der Waals surface area contributed by atoms with E-state index in [2.05, 4.69) is 0 Å². The van der Waals surface area contributed by atoms with Crippen molar-refractivity contribution in [2.75, 3.05) is 7.11 Å². The van der Waals surface area contributed by atoms with Crippen LogP contribution in [0.4, 0.5) is 0 Å². The lowest BCUT2D eigenvalue weighted by atomic mass is 10.0. The van der Waals surface area contributed by atoms with E-state index in [1.807, 2.05) is 31.2 Å². The van der Waals surface area contributed by atoms with E-state index < -0.39 is 0 Å². The molecule has 2 nitrogen and oxygen atoms in total. The van der Waals surface area contributed by atoms with Crippen molar-refractivity contribution in [1.29, 1.82) is 0 Å². The molecule has 0 heterocycles. The highest BCUT2D eigenvalue weighted by atomic mass is 35.5. The van der Waals surface area contributed by atoms with Crippen molar-refractivity contribution in [3.63, 3.8) is 0 Å². The number of aryl methyl sites for hydroxylation is 1. The van der Waals surface area contributed by atoms with Gasteiger partial charge in [0.1, 0.15) is 5.75 Å². The SMILES string of the molecule is COc1cc(Cl)c(C(=O)Cc2ccc(C)cc2)cc1Cl. The average Bonchev–Trinajstić information content (AvgIpc) is 2.43. The minimum absolute atomic E-state index is 0.0663. The van der Waals surface area contributed by atoms with E-state index in [1.54, 1.807) is 12.1 Å². The molecule has 0 saturated carbocycles. The van der Waals surface area contributed by atoms with Gasteiger partial charge < -0.3 is 4.74 Å². The summed E-state index contributed by atoms with van der Waals surface area (Å²) < 4.78 is 5.06. The molecule has 2 aromatic carbocycles. The van der Waals surface area contributed by atoms with Crippen LogP contribution in [0.1, 0.15) is 21.5 Å². The summed E-state index contributed by atoms with van der Waals surface area (Å²) in [5.74, 6) is 0.395. The van der Waals surface area contributed by atoms with Gasteiger partial charge >= 0.3 is 0 Å². The summed E-state index contributed by atoms with van der Waals surface area (Å²) in [6.07, 6.45) is 0.294. The summed E-state index contributed by atoms with van der Waals surface area (Å²) in [6.45, 7) is 2.01. The predicted octanol–water partition coefficient (Wildman–Crippen LogP) is 4.74. The number of ether oxygens (including phenoxy) is 1. The van der Waals surface area contributed by atoms with Gasteiger partial charge in [0.2, 0.25) is 0 Å². The van der Waals surface area contributed by atoms with Crippen LogP contribution >= 0.6 is 23.2 Å². The Bertz CT molecular complexity index is 634. The Morgan fingerprint density at radius 3 is 2.35 bits per heavy atom. The number of Topliss-reactive ketones (excluding diaryl/α,β-unsaturated/α-hetero) is 1. The van der Waals surface area contributed by atoms with E-state index in [0.717, 1.165) is 11.1 Å². The molecule has 0 fully saturated rings. The number of hydrogen-bond donors (Lipinski definition) is 0. The van der Waals surface area contributed by atoms with Crippen LogP contribution < -0.4 is 4.74 Å². The normalized spacial score (nSPS) is 10.4. The lowest BCUT2D eigenvalue weighted by Gasteiger charge is -2.08.